The molecule has 1 aliphatic carbocycles. The van der Waals surface area contributed by atoms with Crippen molar-refractivity contribution >= 4 is 24.2 Å². The number of rotatable bonds is 1. The van der Waals surface area contributed by atoms with Crippen molar-refractivity contribution in [1.82, 2.24) is 0 Å². The molecule has 1 spiro atoms. The Balaban J connectivity index is 1.63. The Kier molecular flexibility index (Phi) is 2.98. The fourth-order valence-corrected chi connectivity index (χ4v) is 3.64. The minimum Gasteiger partial charge on any atom is -0.407 e. The summed E-state index contributed by atoms with van der Waals surface area (Å²) in [6.45, 7) is 5.24. The van der Waals surface area contributed by atoms with Gasteiger partial charge in [0.05, 0.1) is 5.41 Å². The molecule has 3 aliphatic rings. The quantitative estimate of drug-likeness (QED) is 0.806. The topological polar surface area (TPSA) is 47.6 Å². The molecule has 0 unspecified atom stereocenters. The number of amides is 1. The molecule has 2 heterocycles. The number of hydrogen-bond donors (Lipinski definition) is 1. The van der Waals surface area contributed by atoms with Gasteiger partial charge in [-0.2, -0.15) is 0 Å². The van der Waals surface area contributed by atoms with Crippen molar-refractivity contribution in [3.63, 3.8) is 0 Å². The average Bonchev–Trinajstić information content (AvgIpc) is 2.70. The number of alkyl halides is 2. The van der Waals surface area contributed by atoms with E-state index in [1.54, 1.807) is 12.1 Å². The average molecular weight is 321 g/mol. The molecule has 0 radical (unpaired) electrons. The van der Waals surface area contributed by atoms with Crippen LogP contribution in [0.4, 0.5) is 14.5 Å². The van der Waals surface area contributed by atoms with E-state index in [4.69, 9.17) is 9.31 Å². The van der Waals surface area contributed by atoms with Crippen molar-refractivity contribution < 1.29 is 22.9 Å². The Morgan fingerprint density at radius 1 is 1.17 bits per heavy atom. The second kappa shape index (κ2) is 4.54. The maximum atomic E-state index is 13.4. The van der Waals surface area contributed by atoms with Crippen LogP contribution in [-0.4, -0.2) is 32.2 Å². The summed E-state index contributed by atoms with van der Waals surface area (Å²) >= 11 is 0. The molecule has 23 heavy (non-hydrogen) atoms. The van der Waals surface area contributed by atoms with Gasteiger partial charge in [-0.15, -0.1) is 0 Å². The zero-order valence-electron chi connectivity index (χ0n) is 13.1. The van der Waals surface area contributed by atoms with Crippen LogP contribution < -0.4 is 10.8 Å². The number of carbonyl (C=O) groups is 1. The van der Waals surface area contributed by atoms with E-state index >= 15 is 0 Å². The normalized spacial score (nSPS) is 26.6. The van der Waals surface area contributed by atoms with Gasteiger partial charge in [-0.1, -0.05) is 26.0 Å². The van der Waals surface area contributed by atoms with Crippen LogP contribution in [0.3, 0.4) is 0 Å². The summed E-state index contributed by atoms with van der Waals surface area (Å²) in [6, 6.07) is 5.35. The molecule has 1 aromatic rings. The summed E-state index contributed by atoms with van der Waals surface area (Å²) in [5.74, 6) is -3.10. The van der Waals surface area contributed by atoms with Crippen molar-refractivity contribution in [3.05, 3.63) is 23.8 Å². The van der Waals surface area contributed by atoms with Crippen molar-refractivity contribution in [1.29, 1.82) is 0 Å². The summed E-state index contributed by atoms with van der Waals surface area (Å²) in [4.78, 5) is 12.2. The van der Waals surface area contributed by atoms with Crippen LogP contribution in [0.15, 0.2) is 18.2 Å². The molecular weight excluding hydrogens is 303 g/mol. The Labute approximate surface area is 133 Å². The monoisotopic (exact) mass is 321 g/mol. The number of carbonyl (C=O) groups excluding carboxylic acids is 1. The highest BCUT2D eigenvalue weighted by Gasteiger charge is 2.64. The Morgan fingerprint density at radius 2 is 1.83 bits per heavy atom. The lowest BCUT2D eigenvalue weighted by Gasteiger charge is -2.43. The smallest absolute Gasteiger partial charge is 0.407 e. The Hall–Kier alpha value is -1.47. The third kappa shape index (κ3) is 2.29. The molecule has 4 nitrogen and oxygen atoms in total. The molecule has 1 saturated heterocycles. The first-order valence-electron chi connectivity index (χ1n) is 7.78. The molecule has 1 amide bonds. The van der Waals surface area contributed by atoms with Crippen molar-refractivity contribution in [2.75, 3.05) is 18.5 Å². The molecule has 0 aromatic heterocycles. The van der Waals surface area contributed by atoms with Crippen LogP contribution in [-0.2, 0) is 19.5 Å². The number of anilines is 1. The molecule has 0 atom stereocenters. The first kappa shape index (κ1) is 15.1. The van der Waals surface area contributed by atoms with Crippen LogP contribution in [0, 0.1) is 5.41 Å². The van der Waals surface area contributed by atoms with Crippen LogP contribution in [0.25, 0.3) is 0 Å². The van der Waals surface area contributed by atoms with E-state index in [1.165, 1.54) is 0 Å². The molecule has 2 aliphatic heterocycles. The molecule has 1 saturated carbocycles. The second-order valence-corrected chi connectivity index (χ2v) is 7.67. The SMILES string of the molecule is CC1(C)COB(c2ccc3c(c2)C2(CC(F)(F)C2)C(=O)N3)OC1. The third-order valence-electron chi connectivity index (χ3n) is 4.89. The molecular formula is C16H18BF2NO3. The van der Waals surface area contributed by atoms with Gasteiger partial charge in [0.1, 0.15) is 0 Å². The van der Waals surface area contributed by atoms with Gasteiger partial charge in [-0.3, -0.25) is 4.79 Å². The number of hydrogen-bond acceptors (Lipinski definition) is 3. The maximum absolute atomic E-state index is 13.4. The van der Waals surface area contributed by atoms with Gasteiger partial charge >= 0.3 is 7.12 Å². The predicted octanol–water partition coefficient (Wildman–Crippen LogP) is 2.07. The highest BCUT2D eigenvalue weighted by Crippen LogP contribution is 2.57. The number of nitrogens with one attached hydrogen (secondary N) is 1. The number of benzene rings is 1. The lowest BCUT2D eigenvalue weighted by atomic mass is 9.61. The van der Waals surface area contributed by atoms with E-state index in [0.717, 1.165) is 5.46 Å². The summed E-state index contributed by atoms with van der Waals surface area (Å²) in [5, 5.41) is 2.72. The van der Waals surface area contributed by atoms with Crippen LogP contribution in [0.1, 0.15) is 32.3 Å². The van der Waals surface area contributed by atoms with Gasteiger partial charge in [-0.25, -0.2) is 8.78 Å². The fraction of sp³-hybridized carbons (Fsp3) is 0.562. The minimum atomic E-state index is -2.77. The lowest BCUT2D eigenvalue weighted by molar-refractivity contribution is -0.152. The molecule has 1 aromatic carbocycles. The van der Waals surface area contributed by atoms with E-state index in [9.17, 15) is 13.6 Å². The highest BCUT2D eigenvalue weighted by atomic mass is 19.3. The second-order valence-electron chi connectivity index (χ2n) is 7.67. The van der Waals surface area contributed by atoms with E-state index < -0.39 is 31.3 Å². The van der Waals surface area contributed by atoms with Gasteiger partial charge in [0.15, 0.2) is 0 Å². The first-order chi connectivity index (χ1) is 10.7. The van der Waals surface area contributed by atoms with Gasteiger partial charge < -0.3 is 14.6 Å². The number of fused-ring (bicyclic) bond motifs is 2. The van der Waals surface area contributed by atoms with Crippen molar-refractivity contribution in [3.8, 4) is 0 Å². The zero-order chi connectivity index (χ0) is 16.5. The third-order valence-corrected chi connectivity index (χ3v) is 4.89. The zero-order valence-corrected chi connectivity index (χ0v) is 13.1. The van der Waals surface area contributed by atoms with Gasteiger partial charge in [0.2, 0.25) is 5.91 Å². The molecule has 1 N–H and O–H groups in total. The molecule has 2 fully saturated rings. The molecule has 0 bridgehead atoms. The highest BCUT2D eigenvalue weighted by molar-refractivity contribution is 6.61. The molecule has 7 heteroatoms. The molecule has 4 rings (SSSR count). The van der Waals surface area contributed by atoms with Gasteiger partial charge in [0, 0.05) is 37.2 Å². The summed E-state index contributed by atoms with van der Waals surface area (Å²) in [6.07, 6.45) is -0.858. The van der Waals surface area contributed by atoms with E-state index in [0.29, 0.717) is 24.5 Å². The van der Waals surface area contributed by atoms with Crippen molar-refractivity contribution in [2.45, 2.75) is 38.0 Å². The maximum Gasteiger partial charge on any atom is 0.493 e. The van der Waals surface area contributed by atoms with E-state index in [2.05, 4.69) is 19.2 Å². The van der Waals surface area contributed by atoms with Gasteiger partial charge in [0.25, 0.3) is 5.92 Å². The summed E-state index contributed by atoms with van der Waals surface area (Å²) in [5.41, 5.74) is 0.892. The minimum absolute atomic E-state index is 0.0397. The fourth-order valence-electron chi connectivity index (χ4n) is 3.64. The standard InChI is InChI=1S/C16H18BF2NO3/c1-14(2)8-22-17(23-9-14)10-3-4-12-11(5-10)15(13(21)20-12)6-16(18,19)7-15/h3-5H,6-9H2,1-2H3,(H,20,21). The van der Waals surface area contributed by atoms with Crippen LogP contribution in [0.5, 0.6) is 0 Å². The predicted molar refractivity (Wildman–Crippen MR) is 82.0 cm³/mol. The first-order valence-corrected chi connectivity index (χ1v) is 7.78. The lowest BCUT2D eigenvalue weighted by Crippen LogP contribution is -2.54. The van der Waals surface area contributed by atoms with E-state index in [1.807, 2.05) is 6.07 Å². The van der Waals surface area contributed by atoms with Gasteiger partial charge in [-0.05, 0) is 17.1 Å². The van der Waals surface area contributed by atoms with Crippen LogP contribution in [0.2, 0.25) is 0 Å². The Morgan fingerprint density at radius 3 is 2.43 bits per heavy atom. The summed E-state index contributed by atoms with van der Waals surface area (Å²) in [7, 11) is -0.512. The largest absolute Gasteiger partial charge is 0.493 e. The summed E-state index contributed by atoms with van der Waals surface area (Å²) < 4.78 is 38.3. The van der Waals surface area contributed by atoms with Crippen LogP contribution >= 0.6 is 0 Å². The van der Waals surface area contributed by atoms with E-state index in [-0.39, 0.29) is 11.3 Å². The Bertz CT molecular complexity index is 674. The number of halogens is 2. The molecule has 122 valence electrons. The van der Waals surface area contributed by atoms with Crippen molar-refractivity contribution in [2.24, 2.45) is 5.41 Å².